The van der Waals surface area contributed by atoms with Gasteiger partial charge in [-0.25, -0.2) is 4.39 Å². The van der Waals surface area contributed by atoms with E-state index >= 15 is 0 Å². The molecule has 0 aliphatic carbocycles. The van der Waals surface area contributed by atoms with Crippen LogP contribution < -0.4 is 10.6 Å². The molecule has 7 heteroatoms. The summed E-state index contributed by atoms with van der Waals surface area (Å²) < 4.78 is 12.9. The van der Waals surface area contributed by atoms with E-state index in [4.69, 9.17) is 0 Å². The van der Waals surface area contributed by atoms with Gasteiger partial charge in [0.15, 0.2) is 5.96 Å². The molecule has 2 rings (SSSR count). The van der Waals surface area contributed by atoms with Crippen molar-refractivity contribution in [1.82, 2.24) is 20.4 Å². The van der Waals surface area contributed by atoms with E-state index in [1.54, 1.807) is 19.2 Å². The lowest BCUT2D eigenvalue weighted by molar-refractivity contribution is 0.274. The summed E-state index contributed by atoms with van der Waals surface area (Å²) in [5, 5.41) is 6.60. The molecule has 0 radical (unpaired) electrons. The summed E-state index contributed by atoms with van der Waals surface area (Å²) in [6.45, 7) is 7.38. The summed E-state index contributed by atoms with van der Waals surface area (Å²) in [6, 6.07) is 6.52. The zero-order chi connectivity index (χ0) is 17.2. The third-order valence-electron chi connectivity index (χ3n) is 4.35. The lowest BCUT2D eigenvalue weighted by Crippen LogP contribution is -2.38. The molecule has 0 saturated carbocycles. The molecule has 0 aromatic heterocycles. The molecule has 0 atom stereocenters. The van der Waals surface area contributed by atoms with Gasteiger partial charge in [0.1, 0.15) is 5.82 Å². The minimum Gasteiger partial charge on any atom is -0.356 e. The third kappa shape index (κ3) is 8.82. The monoisotopic (exact) mass is 463 g/mol. The Hall–Kier alpha value is -0.930. The van der Waals surface area contributed by atoms with Crippen molar-refractivity contribution in [3.63, 3.8) is 0 Å². The van der Waals surface area contributed by atoms with Crippen molar-refractivity contribution in [2.45, 2.75) is 19.4 Å². The number of aliphatic imine (C=N–C) groups is 1. The van der Waals surface area contributed by atoms with Crippen LogP contribution in [0.25, 0.3) is 0 Å². The fraction of sp³-hybridized carbons (Fsp3) is 0.611. The number of nitrogens with zero attached hydrogens (tertiary/aromatic N) is 3. The number of hydrogen-bond acceptors (Lipinski definition) is 3. The van der Waals surface area contributed by atoms with Crippen LogP contribution in [0.3, 0.4) is 0 Å². The first-order valence-corrected chi connectivity index (χ1v) is 8.77. The van der Waals surface area contributed by atoms with Crippen LogP contribution in [0.15, 0.2) is 29.3 Å². The van der Waals surface area contributed by atoms with Gasteiger partial charge in [0.05, 0.1) is 0 Å². The van der Waals surface area contributed by atoms with Gasteiger partial charge in [0.2, 0.25) is 0 Å². The molecule has 0 spiro atoms. The van der Waals surface area contributed by atoms with Crippen molar-refractivity contribution in [3.8, 4) is 0 Å². The largest absolute Gasteiger partial charge is 0.356 e. The number of hydrogen-bond donors (Lipinski definition) is 2. The lowest BCUT2D eigenvalue weighted by atomic mass is 10.2. The van der Waals surface area contributed by atoms with Crippen LogP contribution in [-0.4, -0.2) is 69.1 Å². The van der Waals surface area contributed by atoms with Gasteiger partial charge in [-0.1, -0.05) is 12.1 Å². The van der Waals surface area contributed by atoms with Crippen molar-refractivity contribution >= 4 is 29.9 Å². The summed E-state index contributed by atoms with van der Waals surface area (Å²) in [6.07, 6.45) is 2.35. The van der Waals surface area contributed by atoms with Gasteiger partial charge in [-0.3, -0.25) is 4.99 Å². The van der Waals surface area contributed by atoms with E-state index in [-0.39, 0.29) is 29.8 Å². The molecular weight excluding hydrogens is 432 g/mol. The van der Waals surface area contributed by atoms with Crippen LogP contribution in [0.2, 0.25) is 0 Å². The first-order chi connectivity index (χ1) is 11.7. The second kappa shape index (κ2) is 12.4. The van der Waals surface area contributed by atoms with E-state index in [9.17, 15) is 4.39 Å². The van der Waals surface area contributed by atoms with Gasteiger partial charge in [-0.2, -0.15) is 0 Å². The number of halogens is 2. The molecule has 25 heavy (non-hydrogen) atoms. The number of benzene rings is 1. The van der Waals surface area contributed by atoms with Gasteiger partial charge in [-0.15, -0.1) is 24.0 Å². The van der Waals surface area contributed by atoms with Crippen molar-refractivity contribution in [1.29, 1.82) is 0 Å². The highest BCUT2D eigenvalue weighted by Crippen LogP contribution is 2.02. The summed E-state index contributed by atoms with van der Waals surface area (Å²) in [4.78, 5) is 9.17. The van der Waals surface area contributed by atoms with E-state index < -0.39 is 0 Å². The quantitative estimate of drug-likeness (QED) is 0.294. The van der Waals surface area contributed by atoms with E-state index in [1.807, 2.05) is 0 Å². The van der Waals surface area contributed by atoms with Crippen LogP contribution in [0.1, 0.15) is 18.4 Å². The van der Waals surface area contributed by atoms with Crippen LogP contribution in [0.4, 0.5) is 4.39 Å². The van der Waals surface area contributed by atoms with Gasteiger partial charge < -0.3 is 20.4 Å². The minimum atomic E-state index is -0.207. The highest BCUT2D eigenvalue weighted by molar-refractivity contribution is 14.0. The predicted molar refractivity (Wildman–Crippen MR) is 113 cm³/mol. The molecule has 0 amide bonds. The maximum atomic E-state index is 12.9. The molecule has 1 aliphatic heterocycles. The first-order valence-electron chi connectivity index (χ1n) is 8.77. The van der Waals surface area contributed by atoms with E-state index in [1.165, 1.54) is 31.6 Å². The Morgan fingerprint density at radius 2 is 1.88 bits per heavy atom. The van der Waals surface area contributed by atoms with E-state index in [0.29, 0.717) is 6.54 Å². The van der Waals surface area contributed by atoms with Crippen LogP contribution in [-0.2, 0) is 6.54 Å². The first kappa shape index (κ1) is 22.1. The Labute approximate surface area is 168 Å². The van der Waals surface area contributed by atoms with Crippen LogP contribution in [0, 0.1) is 5.82 Å². The lowest BCUT2D eigenvalue weighted by Gasteiger charge is -2.20. The van der Waals surface area contributed by atoms with Gasteiger partial charge in [0, 0.05) is 33.2 Å². The molecule has 142 valence electrons. The molecule has 2 N–H and O–H groups in total. The molecule has 1 aliphatic rings. The Bertz CT molecular complexity index is 509. The summed E-state index contributed by atoms with van der Waals surface area (Å²) in [5.74, 6) is 0.580. The molecule has 5 nitrogen and oxygen atoms in total. The molecule has 1 heterocycles. The Morgan fingerprint density at radius 1 is 1.12 bits per heavy atom. The highest BCUT2D eigenvalue weighted by Gasteiger charge is 2.11. The second-order valence-corrected chi connectivity index (χ2v) is 6.33. The van der Waals surface area contributed by atoms with Crippen molar-refractivity contribution < 1.29 is 4.39 Å². The SMILES string of the molecule is CN=C(NCCCN1CCCN(C)CC1)NCc1ccc(F)cc1.I. The molecular formula is C18H31FIN5. The second-order valence-electron chi connectivity index (χ2n) is 6.33. The topological polar surface area (TPSA) is 42.9 Å². The Balaban J connectivity index is 0.00000312. The Morgan fingerprint density at radius 3 is 2.60 bits per heavy atom. The fourth-order valence-electron chi connectivity index (χ4n) is 2.84. The van der Waals surface area contributed by atoms with E-state index in [2.05, 4.69) is 32.5 Å². The summed E-state index contributed by atoms with van der Waals surface area (Å²) >= 11 is 0. The molecule has 0 bridgehead atoms. The number of guanidine groups is 1. The minimum absolute atomic E-state index is 0. The van der Waals surface area contributed by atoms with Crippen molar-refractivity contribution in [2.24, 2.45) is 4.99 Å². The van der Waals surface area contributed by atoms with Crippen LogP contribution >= 0.6 is 24.0 Å². The number of nitrogens with one attached hydrogen (secondary N) is 2. The molecule has 0 unspecified atom stereocenters. The molecule has 1 aromatic rings. The van der Waals surface area contributed by atoms with Crippen LogP contribution in [0.5, 0.6) is 0 Å². The highest BCUT2D eigenvalue weighted by atomic mass is 127. The normalized spacial score (nSPS) is 16.8. The summed E-state index contributed by atoms with van der Waals surface area (Å²) in [7, 11) is 3.96. The van der Waals surface area contributed by atoms with Crippen molar-refractivity contribution in [2.75, 3.05) is 53.4 Å². The van der Waals surface area contributed by atoms with Gasteiger partial charge in [-0.05, 0) is 57.2 Å². The standard InChI is InChI=1S/C18H30FN5.HI/c1-20-18(22-15-16-5-7-17(19)8-6-16)21-9-3-11-24-12-4-10-23(2)13-14-24;/h5-8H,3-4,9-15H2,1-2H3,(H2,20,21,22);1H. The van der Waals surface area contributed by atoms with Gasteiger partial charge in [0.25, 0.3) is 0 Å². The Kier molecular flexibility index (Phi) is 11.0. The zero-order valence-electron chi connectivity index (χ0n) is 15.3. The number of likely N-dealkylation sites (N-methyl/N-ethyl adjacent to an activating group) is 1. The maximum absolute atomic E-state index is 12.9. The van der Waals surface area contributed by atoms with E-state index in [0.717, 1.165) is 44.1 Å². The maximum Gasteiger partial charge on any atom is 0.191 e. The predicted octanol–water partition coefficient (Wildman–Crippen LogP) is 2.14. The molecule has 1 fully saturated rings. The van der Waals surface area contributed by atoms with Gasteiger partial charge >= 0.3 is 0 Å². The average molecular weight is 463 g/mol. The summed E-state index contributed by atoms with van der Waals surface area (Å²) in [5.41, 5.74) is 1.04. The smallest absolute Gasteiger partial charge is 0.191 e. The van der Waals surface area contributed by atoms with Crippen molar-refractivity contribution in [3.05, 3.63) is 35.6 Å². The zero-order valence-corrected chi connectivity index (χ0v) is 17.6. The third-order valence-corrected chi connectivity index (χ3v) is 4.35. The average Bonchev–Trinajstić information content (AvgIpc) is 2.80. The molecule has 1 aromatic carbocycles. The fourth-order valence-corrected chi connectivity index (χ4v) is 2.84. The number of rotatable bonds is 6. The molecule has 1 saturated heterocycles.